The van der Waals surface area contributed by atoms with Crippen LogP contribution in [-0.2, 0) is 11.2 Å². The zero-order valence-electron chi connectivity index (χ0n) is 12.9. The highest BCUT2D eigenvalue weighted by Gasteiger charge is 2.13. The van der Waals surface area contributed by atoms with E-state index in [9.17, 15) is 9.90 Å². The van der Waals surface area contributed by atoms with Crippen LogP contribution in [-0.4, -0.2) is 16.0 Å². The molecular formula is C17H19ClN2O2. The van der Waals surface area contributed by atoms with Gasteiger partial charge in [-0.2, -0.15) is 0 Å². The monoisotopic (exact) mass is 318 g/mol. The summed E-state index contributed by atoms with van der Waals surface area (Å²) in [7, 11) is 0. The van der Waals surface area contributed by atoms with Gasteiger partial charge in [0, 0.05) is 11.4 Å². The van der Waals surface area contributed by atoms with Crippen LogP contribution in [0.1, 0.15) is 28.8 Å². The van der Waals surface area contributed by atoms with Crippen LogP contribution in [0.25, 0.3) is 0 Å². The molecule has 0 aliphatic heterocycles. The number of hydrogen-bond acceptors (Lipinski definition) is 3. The second-order valence-corrected chi connectivity index (χ2v) is 5.76. The molecule has 4 nitrogen and oxygen atoms in total. The quantitative estimate of drug-likeness (QED) is 0.897. The lowest BCUT2D eigenvalue weighted by atomic mass is 10.1. The van der Waals surface area contributed by atoms with Crippen molar-refractivity contribution in [3.8, 4) is 5.75 Å². The molecule has 0 saturated carbocycles. The fourth-order valence-electron chi connectivity index (χ4n) is 2.16. The molecule has 0 bridgehead atoms. The topological polar surface area (TPSA) is 62.2 Å². The molecule has 2 N–H and O–H groups in total. The number of halogens is 1. The van der Waals surface area contributed by atoms with Crippen molar-refractivity contribution in [1.29, 1.82) is 0 Å². The Labute approximate surface area is 135 Å². The highest BCUT2D eigenvalue weighted by atomic mass is 35.5. The largest absolute Gasteiger partial charge is 0.506 e. The first-order valence-electron chi connectivity index (χ1n) is 7.09. The smallest absolute Gasteiger partial charge is 0.225 e. The lowest BCUT2D eigenvalue weighted by Gasteiger charge is -2.12. The summed E-state index contributed by atoms with van der Waals surface area (Å²) < 4.78 is 0. The molecule has 2 rings (SSSR count). The molecule has 116 valence electrons. The third-order valence-corrected chi connectivity index (χ3v) is 3.96. The van der Waals surface area contributed by atoms with Crippen molar-refractivity contribution in [3.63, 3.8) is 0 Å². The maximum absolute atomic E-state index is 12.1. The van der Waals surface area contributed by atoms with E-state index in [0.717, 1.165) is 16.7 Å². The molecule has 0 unspecified atom stereocenters. The SMILES string of the molecule is Cc1nc(NC(=O)CCc2ccc(Cl)cc2)c(C)c(C)c1O. The Morgan fingerprint density at radius 3 is 2.45 bits per heavy atom. The summed E-state index contributed by atoms with van der Waals surface area (Å²) in [5, 5.41) is 13.3. The summed E-state index contributed by atoms with van der Waals surface area (Å²) >= 11 is 5.83. The van der Waals surface area contributed by atoms with E-state index in [1.54, 1.807) is 6.92 Å². The number of aromatic hydroxyl groups is 1. The first-order chi connectivity index (χ1) is 10.4. The lowest BCUT2D eigenvalue weighted by Crippen LogP contribution is -2.15. The number of aromatic nitrogens is 1. The predicted octanol–water partition coefficient (Wildman–Crippen LogP) is 3.94. The summed E-state index contributed by atoms with van der Waals surface area (Å²) in [6, 6.07) is 7.45. The molecule has 0 aliphatic rings. The number of pyridine rings is 1. The second kappa shape index (κ2) is 6.79. The molecule has 1 heterocycles. The highest BCUT2D eigenvalue weighted by Crippen LogP contribution is 2.27. The summed E-state index contributed by atoms with van der Waals surface area (Å²) in [6.45, 7) is 5.35. The number of rotatable bonds is 4. The maximum Gasteiger partial charge on any atom is 0.225 e. The summed E-state index contributed by atoms with van der Waals surface area (Å²) in [4.78, 5) is 16.3. The minimum Gasteiger partial charge on any atom is -0.506 e. The van der Waals surface area contributed by atoms with Gasteiger partial charge in [0.2, 0.25) is 5.91 Å². The number of nitrogens with one attached hydrogen (secondary N) is 1. The zero-order chi connectivity index (χ0) is 16.3. The van der Waals surface area contributed by atoms with Crippen molar-refractivity contribution in [2.45, 2.75) is 33.6 Å². The van der Waals surface area contributed by atoms with Gasteiger partial charge in [0.25, 0.3) is 0 Å². The second-order valence-electron chi connectivity index (χ2n) is 5.32. The predicted molar refractivity (Wildman–Crippen MR) is 88.5 cm³/mol. The Morgan fingerprint density at radius 2 is 1.82 bits per heavy atom. The minimum atomic E-state index is -0.102. The van der Waals surface area contributed by atoms with Gasteiger partial charge >= 0.3 is 0 Å². The molecule has 0 fully saturated rings. The number of hydrogen-bond donors (Lipinski definition) is 2. The minimum absolute atomic E-state index is 0.102. The van der Waals surface area contributed by atoms with Gasteiger partial charge in [0.15, 0.2) is 0 Å². The average molecular weight is 319 g/mol. The molecule has 22 heavy (non-hydrogen) atoms. The van der Waals surface area contributed by atoms with Gasteiger partial charge in [0.05, 0.1) is 5.69 Å². The zero-order valence-corrected chi connectivity index (χ0v) is 13.7. The van der Waals surface area contributed by atoms with E-state index in [0.29, 0.717) is 29.4 Å². The van der Waals surface area contributed by atoms with Gasteiger partial charge < -0.3 is 10.4 Å². The Kier molecular flexibility index (Phi) is 5.03. The fourth-order valence-corrected chi connectivity index (χ4v) is 2.28. The van der Waals surface area contributed by atoms with Crippen LogP contribution < -0.4 is 5.32 Å². The van der Waals surface area contributed by atoms with Crippen molar-refractivity contribution < 1.29 is 9.90 Å². The van der Waals surface area contributed by atoms with Crippen LogP contribution in [0.4, 0.5) is 5.82 Å². The molecule has 5 heteroatoms. The van der Waals surface area contributed by atoms with E-state index in [2.05, 4.69) is 10.3 Å². The number of anilines is 1. The van der Waals surface area contributed by atoms with Gasteiger partial charge in [-0.15, -0.1) is 0 Å². The molecule has 0 aliphatic carbocycles. The van der Waals surface area contributed by atoms with Crippen molar-refractivity contribution >= 4 is 23.3 Å². The van der Waals surface area contributed by atoms with Crippen LogP contribution in [0.3, 0.4) is 0 Å². The van der Waals surface area contributed by atoms with Gasteiger partial charge in [-0.1, -0.05) is 23.7 Å². The Hall–Kier alpha value is -2.07. The number of aryl methyl sites for hydroxylation is 2. The van der Waals surface area contributed by atoms with E-state index < -0.39 is 0 Å². The number of nitrogens with zero attached hydrogens (tertiary/aromatic N) is 1. The lowest BCUT2D eigenvalue weighted by molar-refractivity contribution is -0.116. The van der Waals surface area contributed by atoms with Crippen molar-refractivity contribution in [1.82, 2.24) is 4.98 Å². The highest BCUT2D eigenvalue weighted by molar-refractivity contribution is 6.30. The molecule has 0 atom stereocenters. The Morgan fingerprint density at radius 1 is 1.18 bits per heavy atom. The molecule has 0 spiro atoms. The van der Waals surface area contributed by atoms with Crippen LogP contribution in [0.15, 0.2) is 24.3 Å². The van der Waals surface area contributed by atoms with Gasteiger partial charge in [-0.05, 0) is 56.0 Å². The number of carbonyl (C=O) groups excluding carboxylic acids is 1. The van der Waals surface area contributed by atoms with E-state index in [1.807, 2.05) is 38.1 Å². The van der Waals surface area contributed by atoms with Crippen LogP contribution in [0, 0.1) is 20.8 Å². The molecule has 1 amide bonds. The van der Waals surface area contributed by atoms with E-state index in [1.165, 1.54) is 0 Å². The Bertz CT molecular complexity index is 697. The third-order valence-electron chi connectivity index (χ3n) is 3.71. The summed E-state index contributed by atoms with van der Waals surface area (Å²) in [5.74, 6) is 0.584. The summed E-state index contributed by atoms with van der Waals surface area (Å²) in [5.41, 5.74) is 3.09. The molecule has 2 aromatic rings. The first-order valence-corrected chi connectivity index (χ1v) is 7.47. The van der Waals surface area contributed by atoms with Gasteiger partial charge in [0.1, 0.15) is 11.6 Å². The number of benzene rings is 1. The van der Waals surface area contributed by atoms with Crippen molar-refractivity contribution in [2.75, 3.05) is 5.32 Å². The van der Waals surface area contributed by atoms with E-state index in [4.69, 9.17) is 11.6 Å². The fraction of sp³-hybridized carbons (Fsp3) is 0.294. The van der Waals surface area contributed by atoms with Crippen LogP contribution >= 0.6 is 11.6 Å². The van der Waals surface area contributed by atoms with E-state index >= 15 is 0 Å². The molecule has 0 saturated heterocycles. The molecule has 1 aromatic heterocycles. The molecule has 0 radical (unpaired) electrons. The average Bonchev–Trinajstić information content (AvgIpc) is 2.50. The van der Waals surface area contributed by atoms with Crippen LogP contribution in [0.2, 0.25) is 5.02 Å². The first kappa shape index (κ1) is 16.3. The maximum atomic E-state index is 12.1. The van der Waals surface area contributed by atoms with Crippen LogP contribution in [0.5, 0.6) is 5.75 Å². The normalized spacial score (nSPS) is 10.5. The Balaban J connectivity index is 2.02. The van der Waals surface area contributed by atoms with Crippen molar-refractivity contribution in [3.05, 3.63) is 51.7 Å². The van der Waals surface area contributed by atoms with E-state index in [-0.39, 0.29) is 11.7 Å². The standard InChI is InChI=1S/C17H19ClN2O2/c1-10-11(2)17(19-12(3)16(10)22)20-15(21)9-6-13-4-7-14(18)8-5-13/h4-5,7-8,22H,6,9H2,1-3H3,(H,19,20,21). The number of amides is 1. The van der Waals surface area contributed by atoms with Gasteiger partial charge in [-0.25, -0.2) is 4.98 Å². The molecule has 1 aromatic carbocycles. The molecular weight excluding hydrogens is 300 g/mol. The number of carbonyl (C=O) groups is 1. The summed E-state index contributed by atoms with van der Waals surface area (Å²) in [6.07, 6.45) is 1.000. The van der Waals surface area contributed by atoms with Gasteiger partial charge in [-0.3, -0.25) is 4.79 Å². The third kappa shape index (κ3) is 3.77. The van der Waals surface area contributed by atoms with Crippen molar-refractivity contribution in [2.24, 2.45) is 0 Å².